The fraction of sp³-hybridized carbons (Fsp3) is 0.333. The van der Waals surface area contributed by atoms with E-state index in [1.54, 1.807) is 0 Å². The van der Waals surface area contributed by atoms with E-state index >= 15 is 0 Å². The highest BCUT2D eigenvalue weighted by Crippen LogP contribution is 2.28. The van der Waals surface area contributed by atoms with Crippen LogP contribution in [0, 0.1) is 0 Å². The van der Waals surface area contributed by atoms with Crippen molar-refractivity contribution >= 4 is 17.3 Å². The molecule has 0 atom stereocenters. The fourth-order valence-corrected chi connectivity index (χ4v) is 2.48. The zero-order valence-electron chi connectivity index (χ0n) is 13.0. The highest BCUT2D eigenvalue weighted by atomic mass is 35.5. The maximum atomic E-state index is 6.18. The molecule has 0 aliphatic carbocycles. The Morgan fingerprint density at radius 3 is 2.38 bits per heavy atom. The first kappa shape index (κ1) is 15.9. The Balaban J connectivity index is 2.30. The van der Waals surface area contributed by atoms with Gasteiger partial charge in [-0.25, -0.2) is 0 Å². The molecule has 2 aromatic rings. The lowest BCUT2D eigenvalue weighted by atomic mass is 9.99. The normalized spacial score (nSPS) is 10.7. The zero-order chi connectivity index (χ0) is 15.2. The van der Waals surface area contributed by atoms with Crippen LogP contribution in [0.25, 0.3) is 11.1 Å². The molecule has 0 saturated heterocycles. The van der Waals surface area contributed by atoms with Gasteiger partial charge in [0.25, 0.3) is 0 Å². The van der Waals surface area contributed by atoms with E-state index in [1.165, 1.54) is 22.4 Å². The van der Waals surface area contributed by atoms with Gasteiger partial charge in [0, 0.05) is 31.4 Å². The average molecular weight is 303 g/mol. The molecule has 0 saturated carbocycles. The Kier molecular flexibility index (Phi) is 5.66. The predicted octanol–water partition coefficient (Wildman–Crippen LogP) is 4.57. The Labute approximate surface area is 132 Å². The molecule has 112 valence electrons. The third-order valence-electron chi connectivity index (χ3n) is 3.51. The number of nitrogens with zero attached hydrogens (tertiary/aromatic N) is 1. The van der Waals surface area contributed by atoms with Crippen molar-refractivity contribution in [3.05, 3.63) is 53.1 Å². The summed E-state index contributed by atoms with van der Waals surface area (Å²) in [5.74, 6) is 0. The minimum atomic E-state index is 0.779. The van der Waals surface area contributed by atoms with Crippen LogP contribution in [0.5, 0.6) is 0 Å². The van der Waals surface area contributed by atoms with E-state index in [1.807, 2.05) is 6.07 Å². The summed E-state index contributed by atoms with van der Waals surface area (Å²) in [5, 5.41) is 4.24. The molecule has 3 heteroatoms. The summed E-state index contributed by atoms with van der Waals surface area (Å²) in [6.07, 6.45) is 1.14. The average Bonchev–Trinajstić information content (AvgIpc) is 2.49. The second kappa shape index (κ2) is 7.48. The summed E-state index contributed by atoms with van der Waals surface area (Å²) in [6.45, 7) is 4.08. The quantitative estimate of drug-likeness (QED) is 0.786. The molecule has 2 aromatic carbocycles. The summed E-state index contributed by atoms with van der Waals surface area (Å²) in [6, 6.07) is 14.7. The van der Waals surface area contributed by atoms with Crippen molar-refractivity contribution in [2.75, 3.05) is 25.5 Å². The van der Waals surface area contributed by atoms with Crippen molar-refractivity contribution in [1.29, 1.82) is 0 Å². The first-order valence-electron chi connectivity index (χ1n) is 7.38. The molecular formula is C18H23ClN2. The van der Waals surface area contributed by atoms with E-state index < -0.39 is 0 Å². The minimum absolute atomic E-state index is 0.779. The highest BCUT2D eigenvalue weighted by molar-refractivity contribution is 6.30. The lowest BCUT2D eigenvalue weighted by Gasteiger charge is -2.15. The summed E-state index contributed by atoms with van der Waals surface area (Å²) in [5.41, 5.74) is 4.89. The van der Waals surface area contributed by atoms with Crippen molar-refractivity contribution in [2.24, 2.45) is 0 Å². The highest BCUT2D eigenvalue weighted by Gasteiger charge is 2.06. The van der Waals surface area contributed by atoms with Gasteiger partial charge in [0.2, 0.25) is 0 Å². The Hall–Kier alpha value is -1.51. The Bertz CT molecular complexity index is 576. The maximum Gasteiger partial charge on any atom is 0.0412 e. The standard InChI is InChI=1S/C18H23ClN2/c1-4-11-20-13-15-5-8-16(19)12-18(15)14-6-9-17(10-7-14)21(2)3/h5-10,12,20H,4,11,13H2,1-3H3. The lowest BCUT2D eigenvalue weighted by Crippen LogP contribution is -2.14. The smallest absolute Gasteiger partial charge is 0.0412 e. The van der Waals surface area contributed by atoms with Gasteiger partial charge in [-0.2, -0.15) is 0 Å². The zero-order valence-corrected chi connectivity index (χ0v) is 13.7. The van der Waals surface area contributed by atoms with Crippen molar-refractivity contribution < 1.29 is 0 Å². The molecule has 0 heterocycles. The lowest BCUT2D eigenvalue weighted by molar-refractivity contribution is 0.676. The largest absolute Gasteiger partial charge is 0.378 e. The molecule has 0 aromatic heterocycles. The topological polar surface area (TPSA) is 15.3 Å². The molecule has 0 amide bonds. The van der Waals surface area contributed by atoms with Crippen molar-refractivity contribution in [1.82, 2.24) is 5.32 Å². The van der Waals surface area contributed by atoms with Crippen LogP contribution in [0.2, 0.25) is 5.02 Å². The van der Waals surface area contributed by atoms with Crippen LogP contribution < -0.4 is 10.2 Å². The van der Waals surface area contributed by atoms with Crippen LogP contribution in [0.1, 0.15) is 18.9 Å². The molecule has 0 radical (unpaired) electrons. The molecule has 0 spiro atoms. The van der Waals surface area contributed by atoms with Crippen molar-refractivity contribution in [2.45, 2.75) is 19.9 Å². The third kappa shape index (κ3) is 4.23. The van der Waals surface area contributed by atoms with E-state index in [4.69, 9.17) is 11.6 Å². The number of halogens is 1. The van der Waals surface area contributed by atoms with Gasteiger partial charge < -0.3 is 10.2 Å². The first-order valence-corrected chi connectivity index (χ1v) is 7.76. The molecule has 2 rings (SSSR count). The minimum Gasteiger partial charge on any atom is -0.378 e. The van der Waals surface area contributed by atoms with Gasteiger partial charge >= 0.3 is 0 Å². The van der Waals surface area contributed by atoms with Crippen LogP contribution in [-0.2, 0) is 6.54 Å². The summed E-state index contributed by atoms with van der Waals surface area (Å²) < 4.78 is 0. The van der Waals surface area contributed by atoms with Gasteiger partial charge in [-0.3, -0.25) is 0 Å². The fourth-order valence-electron chi connectivity index (χ4n) is 2.31. The molecule has 0 fully saturated rings. The van der Waals surface area contributed by atoms with E-state index in [9.17, 15) is 0 Å². The number of anilines is 1. The van der Waals surface area contributed by atoms with Gasteiger partial charge in [0.05, 0.1) is 0 Å². The van der Waals surface area contributed by atoms with E-state index in [-0.39, 0.29) is 0 Å². The number of benzene rings is 2. The maximum absolute atomic E-state index is 6.18. The third-order valence-corrected chi connectivity index (χ3v) is 3.74. The molecule has 1 N–H and O–H groups in total. The monoisotopic (exact) mass is 302 g/mol. The Morgan fingerprint density at radius 1 is 1.05 bits per heavy atom. The second-order valence-corrected chi connectivity index (χ2v) is 5.86. The molecule has 0 aliphatic rings. The molecule has 0 aliphatic heterocycles. The number of hydrogen-bond acceptors (Lipinski definition) is 2. The van der Waals surface area contributed by atoms with Crippen molar-refractivity contribution in [3.63, 3.8) is 0 Å². The van der Waals surface area contributed by atoms with Gasteiger partial charge in [-0.15, -0.1) is 0 Å². The van der Waals surface area contributed by atoms with Crippen molar-refractivity contribution in [3.8, 4) is 11.1 Å². The van der Waals surface area contributed by atoms with Gasteiger partial charge in [-0.1, -0.05) is 36.7 Å². The van der Waals surface area contributed by atoms with E-state index in [0.717, 1.165) is 24.5 Å². The predicted molar refractivity (Wildman–Crippen MR) is 93.2 cm³/mol. The SMILES string of the molecule is CCCNCc1ccc(Cl)cc1-c1ccc(N(C)C)cc1. The molecule has 21 heavy (non-hydrogen) atoms. The summed E-state index contributed by atoms with van der Waals surface area (Å²) in [7, 11) is 4.10. The van der Waals surface area contributed by atoms with E-state index in [2.05, 4.69) is 67.6 Å². The van der Waals surface area contributed by atoms with Crippen LogP contribution in [-0.4, -0.2) is 20.6 Å². The molecule has 0 bridgehead atoms. The summed E-state index contributed by atoms with van der Waals surface area (Å²) >= 11 is 6.18. The Morgan fingerprint density at radius 2 is 1.76 bits per heavy atom. The number of nitrogens with one attached hydrogen (secondary N) is 1. The first-order chi connectivity index (χ1) is 10.1. The van der Waals surface area contributed by atoms with E-state index in [0.29, 0.717) is 0 Å². The van der Waals surface area contributed by atoms with Gasteiger partial charge in [0.15, 0.2) is 0 Å². The van der Waals surface area contributed by atoms with Crippen LogP contribution >= 0.6 is 11.6 Å². The second-order valence-electron chi connectivity index (χ2n) is 5.42. The molecular weight excluding hydrogens is 280 g/mol. The van der Waals surface area contributed by atoms with Gasteiger partial charge in [-0.05, 0) is 53.9 Å². The van der Waals surface area contributed by atoms with Crippen LogP contribution in [0.3, 0.4) is 0 Å². The van der Waals surface area contributed by atoms with Crippen LogP contribution in [0.4, 0.5) is 5.69 Å². The molecule has 2 nitrogen and oxygen atoms in total. The molecule has 0 unspecified atom stereocenters. The number of hydrogen-bond donors (Lipinski definition) is 1. The van der Waals surface area contributed by atoms with Gasteiger partial charge in [0.1, 0.15) is 0 Å². The van der Waals surface area contributed by atoms with Crippen LogP contribution in [0.15, 0.2) is 42.5 Å². The summed E-state index contributed by atoms with van der Waals surface area (Å²) in [4.78, 5) is 2.10. The number of rotatable bonds is 6.